The molecule has 2 heterocycles. The number of rotatable bonds is 8. The van der Waals surface area contributed by atoms with E-state index in [4.69, 9.17) is 9.47 Å². The number of hydrogen-bond donors (Lipinski definition) is 1. The van der Waals surface area contributed by atoms with E-state index in [1.54, 1.807) is 32.5 Å². The van der Waals surface area contributed by atoms with Crippen molar-refractivity contribution in [3.63, 3.8) is 0 Å². The molecule has 0 saturated heterocycles. The van der Waals surface area contributed by atoms with E-state index >= 15 is 0 Å². The van der Waals surface area contributed by atoms with Crippen LogP contribution in [0.3, 0.4) is 0 Å². The number of methoxy groups -OCH3 is 2. The van der Waals surface area contributed by atoms with Gasteiger partial charge in [-0.15, -0.1) is 10.2 Å². The van der Waals surface area contributed by atoms with Gasteiger partial charge in [-0.05, 0) is 48.5 Å². The molecule has 7 nitrogen and oxygen atoms in total. The Kier molecular flexibility index (Phi) is 5.85. The van der Waals surface area contributed by atoms with E-state index in [0.29, 0.717) is 16.7 Å². The van der Waals surface area contributed by atoms with Crippen LogP contribution in [0.15, 0.2) is 72.0 Å². The van der Waals surface area contributed by atoms with Crippen LogP contribution < -0.4 is 9.47 Å². The zero-order valence-corrected chi connectivity index (χ0v) is 17.3. The molecule has 1 N–H and O–H groups in total. The van der Waals surface area contributed by atoms with Gasteiger partial charge in [0.15, 0.2) is 16.8 Å². The molecule has 0 saturated carbocycles. The Balaban J connectivity index is 1.72. The Hall–Kier alpha value is -3.52. The predicted molar refractivity (Wildman–Crippen MR) is 116 cm³/mol. The van der Waals surface area contributed by atoms with E-state index in [1.807, 2.05) is 53.1 Å². The minimum absolute atomic E-state index is 0.00258. The Bertz CT molecular complexity index is 1140. The Labute approximate surface area is 178 Å². The van der Waals surface area contributed by atoms with Crippen LogP contribution in [0, 0.1) is 0 Å². The highest BCUT2D eigenvalue weighted by Crippen LogP contribution is 2.30. The highest BCUT2D eigenvalue weighted by atomic mass is 32.2. The van der Waals surface area contributed by atoms with Crippen molar-refractivity contribution in [1.29, 1.82) is 0 Å². The van der Waals surface area contributed by atoms with Gasteiger partial charge in [-0.1, -0.05) is 23.9 Å². The third-order valence-corrected chi connectivity index (χ3v) is 5.45. The lowest BCUT2D eigenvalue weighted by Gasteiger charge is -2.11. The van der Waals surface area contributed by atoms with Gasteiger partial charge in [0.05, 0.1) is 25.7 Å². The number of H-pyrrole nitrogens is 1. The van der Waals surface area contributed by atoms with Crippen molar-refractivity contribution in [2.45, 2.75) is 5.16 Å². The molecule has 0 aliphatic rings. The molecule has 2 aromatic heterocycles. The number of ketones is 1. The smallest absolute Gasteiger partial charge is 0.196 e. The molecule has 0 aliphatic carbocycles. The second-order valence-corrected chi connectivity index (χ2v) is 7.31. The number of carbonyl (C=O) groups excluding carboxylic acids is 1. The number of Topliss-reactive ketones (excluding diaryl/α,β-unsaturated/α-hetero) is 1. The Morgan fingerprint density at radius 3 is 2.50 bits per heavy atom. The fourth-order valence-corrected chi connectivity index (χ4v) is 3.82. The fourth-order valence-electron chi connectivity index (χ4n) is 2.99. The highest BCUT2D eigenvalue weighted by molar-refractivity contribution is 7.99. The lowest BCUT2D eigenvalue weighted by molar-refractivity contribution is 0.101. The molecule has 0 fully saturated rings. The van der Waals surface area contributed by atoms with Crippen molar-refractivity contribution in [3.8, 4) is 28.6 Å². The van der Waals surface area contributed by atoms with Crippen LogP contribution in [-0.2, 0) is 0 Å². The monoisotopic (exact) mass is 420 g/mol. The van der Waals surface area contributed by atoms with Crippen molar-refractivity contribution < 1.29 is 14.3 Å². The number of ether oxygens (including phenoxy) is 2. The number of aromatic nitrogens is 4. The maximum atomic E-state index is 12.4. The fraction of sp³-hybridized carbons (Fsp3) is 0.136. The standard InChI is InChI=1S/C22H20N4O3S/c1-28-17-10-8-16(9-11-17)26-21(15-5-3-6-18(13-15)29-2)24-25-22(26)30-14-20(27)19-7-4-12-23-19/h3-13,23H,14H2,1-2H3. The maximum Gasteiger partial charge on any atom is 0.196 e. The van der Waals surface area contributed by atoms with Crippen LogP contribution in [0.5, 0.6) is 11.5 Å². The number of thioether (sulfide) groups is 1. The quantitative estimate of drug-likeness (QED) is 0.339. The molecule has 0 bridgehead atoms. The molecule has 2 aromatic carbocycles. The largest absolute Gasteiger partial charge is 0.497 e. The van der Waals surface area contributed by atoms with E-state index in [0.717, 1.165) is 22.7 Å². The third-order valence-electron chi connectivity index (χ3n) is 4.52. The molecule has 0 radical (unpaired) electrons. The SMILES string of the molecule is COc1ccc(-n2c(SCC(=O)c3ccc[nH]3)nnc2-c2cccc(OC)c2)cc1. The van der Waals surface area contributed by atoms with Gasteiger partial charge in [-0.25, -0.2) is 0 Å². The lowest BCUT2D eigenvalue weighted by Crippen LogP contribution is -2.05. The molecule has 0 unspecified atom stereocenters. The summed E-state index contributed by atoms with van der Waals surface area (Å²) < 4.78 is 12.6. The minimum atomic E-state index is -0.00258. The summed E-state index contributed by atoms with van der Waals surface area (Å²) in [4.78, 5) is 15.4. The Morgan fingerprint density at radius 1 is 1.00 bits per heavy atom. The number of nitrogens with one attached hydrogen (secondary N) is 1. The summed E-state index contributed by atoms with van der Waals surface area (Å²) in [6.07, 6.45) is 1.73. The normalized spacial score (nSPS) is 10.7. The van der Waals surface area contributed by atoms with Gasteiger partial charge in [0.2, 0.25) is 0 Å². The van der Waals surface area contributed by atoms with Gasteiger partial charge in [0.25, 0.3) is 0 Å². The van der Waals surface area contributed by atoms with Gasteiger partial charge in [-0.3, -0.25) is 9.36 Å². The minimum Gasteiger partial charge on any atom is -0.497 e. The lowest BCUT2D eigenvalue weighted by atomic mass is 10.2. The first kappa shape index (κ1) is 19.8. The van der Waals surface area contributed by atoms with Crippen LogP contribution in [0.2, 0.25) is 0 Å². The summed E-state index contributed by atoms with van der Waals surface area (Å²) in [7, 11) is 3.25. The summed E-state index contributed by atoms with van der Waals surface area (Å²) in [5.74, 6) is 2.39. The van der Waals surface area contributed by atoms with Crippen LogP contribution in [0.4, 0.5) is 0 Å². The first-order valence-electron chi connectivity index (χ1n) is 9.23. The molecular formula is C22H20N4O3S. The van der Waals surface area contributed by atoms with Crippen LogP contribution in [0.1, 0.15) is 10.5 Å². The molecule has 0 spiro atoms. The average Bonchev–Trinajstić information content (AvgIpc) is 3.48. The number of aromatic amines is 1. The van der Waals surface area contributed by atoms with E-state index in [1.165, 1.54) is 11.8 Å². The summed E-state index contributed by atoms with van der Waals surface area (Å²) in [6.45, 7) is 0. The Morgan fingerprint density at radius 2 is 1.80 bits per heavy atom. The number of benzene rings is 2. The summed E-state index contributed by atoms with van der Waals surface area (Å²) in [6, 6.07) is 18.8. The van der Waals surface area contributed by atoms with Crippen molar-refractivity contribution >= 4 is 17.5 Å². The van der Waals surface area contributed by atoms with Gasteiger partial charge in [0.1, 0.15) is 11.5 Å². The molecule has 0 aliphatic heterocycles. The van der Waals surface area contributed by atoms with Crippen molar-refractivity contribution in [2.75, 3.05) is 20.0 Å². The van der Waals surface area contributed by atoms with Crippen LogP contribution in [-0.4, -0.2) is 45.5 Å². The first-order chi connectivity index (χ1) is 14.7. The molecule has 8 heteroatoms. The molecule has 4 rings (SSSR count). The second-order valence-electron chi connectivity index (χ2n) is 6.37. The van der Waals surface area contributed by atoms with Crippen molar-refractivity contribution in [3.05, 3.63) is 72.6 Å². The highest BCUT2D eigenvalue weighted by Gasteiger charge is 2.18. The van der Waals surface area contributed by atoms with Gasteiger partial charge in [0, 0.05) is 17.4 Å². The van der Waals surface area contributed by atoms with Crippen LogP contribution in [0.25, 0.3) is 17.1 Å². The molecule has 30 heavy (non-hydrogen) atoms. The average molecular weight is 420 g/mol. The molecule has 4 aromatic rings. The zero-order valence-electron chi connectivity index (χ0n) is 16.5. The molecular weight excluding hydrogens is 400 g/mol. The third kappa shape index (κ3) is 4.08. The van der Waals surface area contributed by atoms with E-state index < -0.39 is 0 Å². The van der Waals surface area contributed by atoms with E-state index in [-0.39, 0.29) is 11.5 Å². The van der Waals surface area contributed by atoms with Gasteiger partial charge >= 0.3 is 0 Å². The van der Waals surface area contributed by atoms with Gasteiger partial charge < -0.3 is 14.5 Å². The second kappa shape index (κ2) is 8.87. The maximum absolute atomic E-state index is 12.4. The van der Waals surface area contributed by atoms with E-state index in [9.17, 15) is 4.79 Å². The van der Waals surface area contributed by atoms with Gasteiger partial charge in [-0.2, -0.15) is 0 Å². The predicted octanol–water partition coefficient (Wildman–Crippen LogP) is 4.25. The summed E-state index contributed by atoms with van der Waals surface area (Å²) in [5.41, 5.74) is 2.31. The zero-order chi connectivity index (χ0) is 20.9. The number of nitrogens with zero attached hydrogens (tertiary/aromatic N) is 3. The van der Waals surface area contributed by atoms with E-state index in [2.05, 4.69) is 15.2 Å². The number of hydrogen-bond acceptors (Lipinski definition) is 6. The molecule has 152 valence electrons. The van der Waals surface area contributed by atoms with Crippen molar-refractivity contribution in [2.24, 2.45) is 0 Å². The molecule has 0 amide bonds. The van der Waals surface area contributed by atoms with Crippen molar-refractivity contribution in [1.82, 2.24) is 19.7 Å². The van der Waals surface area contributed by atoms with Crippen LogP contribution >= 0.6 is 11.8 Å². The topological polar surface area (TPSA) is 82.0 Å². The first-order valence-corrected chi connectivity index (χ1v) is 10.2. The number of carbonyl (C=O) groups is 1. The summed E-state index contributed by atoms with van der Waals surface area (Å²) in [5, 5.41) is 9.39. The summed E-state index contributed by atoms with van der Waals surface area (Å²) >= 11 is 1.34. The molecule has 0 atom stereocenters.